The predicted octanol–water partition coefficient (Wildman–Crippen LogP) is 4.61. The first-order valence-corrected chi connectivity index (χ1v) is 8.93. The number of nitrogens with zero attached hydrogens (tertiary/aromatic N) is 1. The number of piperidine rings is 1. The second kappa shape index (κ2) is 8.28. The number of carbonyl (C=O) groups excluding carboxylic acids is 2. The molecule has 2 aromatic rings. The van der Waals surface area contributed by atoms with Crippen LogP contribution in [-0.4, -0.2) is 29.7 Å². The highest BCUT2D eigenvalue weighted by Gasteiger charge is 2.28. The van der Waals surface area contributed by atoms with Gasteiger partial charge in [0.1, 0.15) is 5.82 Å². The average Bonchev–Trinajstić information content (AvgIpc) is 2.66. The number of amides is 1. The van der Waals surface area contributed by atoms with Gasteiger partial charge in [0.25, 0.3) is 0 Å². The van der Waals surface area contributed by atoms with Crippen molar-refractivity contribution in [3.63, 3.8) is 0 Å². The summed E-state index contributed by atoms with van der Waals surface area (Å²) >= 11 is 5.96. The van der Waals surface area contributed by atoms with E-state index in [4.69, 9.17) is 11.6 Å². The van der Waals surface area contributed by atoms with E-state index < -0.39 is 0 Å². The highest BCUT2D eigenvalue weighted by Crippen LogP contribution is 2.23. The number of likely N-dealkylation sites (tertiary alicyclic amines) is 1. The molecule has 0 radical (unpaired) electrons. The molecule has 1 unspecified atom stereocenters. The van der Waals surface area contributed by atoms with Crippen LogP contribution in [0, 0.1) is 11.7 Å². The lowest BCUT2D eigenvalue weighted by Gasteiger charge is -2.31. The van der Waals surface area contributed by atoms with E-state index in [1.807, 2.05) is 0 Å². The molecule has 1 amide bonds. The van der Waals surface area contributed by atoms with E-state index in [9.17, 15) is 14.0 Å². The van der Waals surface area contributed by atoms with Gasteiger partial charge in [0.15, 0.2) is 5.78 Å². The molecule has 26 heavy (non-hydrogen) atoms. The van der Waals surface area contributed by atoms with Gasteiger partial charge in [-0.1, -0.05) is 41.9 Å². The predicted molar refractivity (Wildman–Crippen MR) is 101 cm³/mol. The molecule has 0 aromatic heterocycles. The van der Waals surface area contributed by atoms with E-state index in [-0.39, 0.29) is 23.4 Å². The number of hydrogen-bond acceptors (Lipinski definition) is 2. The molecular weight excluding hydrogens is 353 g/mol. The van der Waals surface area contributed by atoms with Crippen molar-refractivity contribution in [3.05, 3.63) is 76.6 Å². The van der Waals surface area contributed by atoms with Crippen molar-refractivity contribution >= 4 is 29.4 Å². The van der Waals surface area contributed by atoms with Crippen molar-refractivity contribution in [1.29, 1.82) is 0 Å². The third-order valence-corrected chi connectivity index (χ3v) is 4.76. The molecule has 0 spiro atoms. The number of ketones is 1. The maximum Gasteiger partial charge on any atom is 0.246 e. The molecule has 5 heteroatoms. The van der Waals surface area contributed by atoms with E-state index in [1.165, 1.54) is 18.2 Å². The van der Waals surface area contributed by atoms with Crippen LogP contribution in [0.4, 0.5) is 4.39 Å². The van der Waals surface area contributed by atoms with Crippen LogP contribution in [-0.2, 0) is 4.79 Å². The minimum Gasteiger partial charge on any atom is -0.338 e. The molecule has 3 nitrogen and oxygen atoms in total. The summed E-state index contributed by atoms with van der Waals surface area (Å²) in [4.78, 5) is 26.8. The fourth-order valence-corrected chi connectivity index (χ4v) is 3.34. The highest BCUT2D eigenvalue weighted by molar-refractivity contribution is 6.31. The smallest absolute Gasteiger partial charge is 0.246 e. The Kier molecular flexibility index (Phi) is 5.84. The molecule has 2 aromatic carbocycles. The Morgan fingerprint density at radius 3 is 2.73 bits per heavy atom. The van der Waals surface area contributed by atoms with Crippen LogP contribution in [0.1, 0.15) is 28.8 Å². The number of Topliss-reactive ketones (excluding diaryl/α,β-unsaturated/α-hetero) is 1. The zero-order valence-electron chi connectivity index (χ0n) is 14.2. The Morgan fingerprint density at radius 1 is 1.15 bits per heavy atom. The first-order valence-electron chi connectivity index (χ1n) is 8.56. The van der Waals surface area contributed by atoms with E-state index in [2.05, 4.69) is 0 Å². The fourth-order valence-electron chi connectivity index (χ4n) is 3.15. The third kappa shape index (κ3) is 4.38. The molecule has 1 atom stereocenters. The lowest BCUT2D eigenvalue weighted by molar-refractivity contribution is -0.127. The maximum atomic E-state index is 13.6. The molecule has 1 aliphatic rings. The molecule has 0 aliphatic carbocycles. The summed E-state index contributed by atoms with van der Waals surface area (Å²) in [5.74, 6) is -0.822. The molecule has 0 saturated carbocycles. The van der Waals surface area contributed by atoms with Gasteiger partial charge in [0.2, 0.25) is 5.91 Å². The number of halogens is 2. The minimum atomic E-state index is -0.371. The minimum absolute atomic E-state index is 0.00286. The SMILES string of the molecule is O=C(c1cccc(Cl)c1)C1CCCN(C(=O)/C=C/c2ccccc2F)C1. The molecular formula is C21H19ClFNO2. The van der Waals surface area contributed by atoms with Gasteiger partial charge in [-0.25, -0.2) is 4.39 Å². The summed E-state index contributed by atoms with van der Waals surface area (Å²) < 4.78 is 13.6. The van der Waals surface area contributed by atoms with Crippen molar-refractivity contribution in [3.8, 4) is 0 Å². The normalized spacial score (nSPS) is 17.5. The van der Waals surface area contributed by atoms with Crippen molar-refractivity contribution in [2.75, 3.05) is 13.1 Å². The van der Waals surface area contributed by atoms with Gasteiger partial charge in [-0.3, -0.25) is 9.59 Å². The molecule has 134 valence electrons. The van der Waals surface area contributed by atoms with E-state index in [0.717, 1.165) is 12.8 Å². The van der Waals surface area contributed by atoms with Crippen LogP contribution in [0.5, 0.6) is 0 Å². The van der Waals surface area contributed by atoms with Crippen molar-refractivity contribution < 1.29 is 14.0 Å². The lowest BCUT2D eigenvalue weighted by Crippen LogP contribution is -2.41. The second-order valence-electron chi connectivity index (χ2n) is 6.35. The Morgan fingerprint density at radius 2 is 1.96 bits per heavy atom. The molecule has 0 N–H and O–H groups in total. The van der Waals surface area contributed by atoms with Crippen LogP contribution >= 0.6 is 11.6 Å². The maximum absolute atomic E-state index is 13.6. The first-order chi connectivity index (χ1) is 12.5. The molecule has 1 aliphatic heterocycles. The monoisotopic (exact) mass is 371 g/mol. The lowest BCUT2D eigenvalue weighted by atomic mass is 9.90. The number of rotatable bonds is 4. The van der Waals surface area contributed by atoms with Gasteiger partial charge >= 0.3 is 0 Å². The Labute approximate surface area is 157 Å². The molecule has 1 saturated heterocycles. The van der Waals surface area contributed by atoms with Crippen LogP contribution < -0.4 is 0 Å². The zero-order valence-corrected chi connectivity index (χ0v) is 15.0. The Bertz CT molecular complexity index is 849. The fraction of sp³-hybridized carbons (Fsp3) is 0.238. The van der Waals surface area contributed by atoms with Crippen LogP contribution in [0.3, 0.4) is 0 Å². The number of carbonyl (C=O) groups is 2. The number of benzene rings is 2. The molecule has 1 heterocycles. The number of hydrogen-bond donors (Lipinski definition) is 0. The van der Waals surface area contributed by atoms with Crippen LogP contribution in [0.2, 0.25) is 5.02 Å². The first kappa shape index (κ1) is 18.3. The zero-order chi connectivity index (χ0) is 18.5. The van der Waals surface area contributed by atoms with E-state index >= 15 is 0 Å². The van der Waals surface area contributed by atoms with Crippen LogP contribution in [0.15, 0.2) is 54.6 Å². The van der Waals surface area contributed by atoms with Gasteiger partial charge in [-0.2, -0.15) is 0 Å². The summed E-state index contributed by atoms with van der Waals surface area (Å²) in [6.07, 6.45) is 4.34. The summed E-state index contributed by atoms with van der Waals surface area (Å²) in [7, 11) is 0. The standard InChI is InChI=1S/C21H19ClFNO2/c22-18-8-3-6-16(13-18)21(26)17-7-4-12-24(14-17)20(25)11-10-15-5-1-2-9-19(15)23/h1-3,5-6,8-11,13,17H,4,7,12,14H2/b11-10+. The van der Waals surface area contributed by atoms with Crippen molar-refractivity contribution in [2.24, 2.45) is 5.92 Å². The van der Waals surface area contributed by atoms with Gasteiger partial charge in [0.05, 0.1) is 0 Å². The van der Waals surface area contributed by atoms with Gasteiger partial charge in [-0.15, -0.1) is 0 Å². The summed E-state index contributed by atoms with van der Waals surface area (Å²) in [5, 5.41) is 0.521. The Balaban J connectivity index is 1.67. The van der Waals surface area contributed by atoms with Crippen LogP contribution in [0.25, 0.3) is 6.08 Å². The molecule has 0 bridgehead atoms. The van der Waals surface area contributed by atoms with E-state index in [0.29, 0.717) is 29.2 Å². The van der Waals surface area contributed by atoms with Gasteiger partial charge in [0, 0.05) is 41.2 Å². The third-order valence-electron chi connectivity index (χ3n) is 4.52. The van der Waals surface area contributed by atoms with Crippen molar-refractivity contribution in [1.82, 2.24) is 4.90 Å². The summed E-state index contributed by atoms with van der Waals surface area (Å²) in [6.45, 7) is 0.964. The average molecular weight is 372 g/mol. The summed E-state index contributed by atoms with van der Waals surface area (Å²) in [5.41, 5.74) is 0.933. The van der Waals surface area contributed by atoms with Gasteiger partial charge < -0.3 is 4.90 Å². The highest BCUT2D eigenvalue weighted by atomic mass is 35.5. The largest absolute Gasteiger partial charge is 0.338 e. The molecule has 1 fully saturated rings. The molecule has 3 rings (SSSR count). The van der Waals surface area contributed by atoms with Gasteiger partial charge in [-0.05, 0) is 37.1 Å². The van der Waals surface area contributed by atoms with Crippen molar-refractivity contribution in [2.45, 2.75) is 12.8 Å². The second-order valence-corrected chi connectivity index (χ2v) is 6.79. The Hall–Kier alpha value is -2.46. The van der Waals surface area contributed by atoms with E-state index in [1.54, 1.807) is 47.4 Å². The summed E-state index contributed by atoms with van der Waals surface area (Å²) in [6, 6.07) is 13.2. The quantitative estimate of drug-likeness (QED) is 0.581. The topological polar surface area (TPSA) is 37.4 Å².